The van der Waals surface area contributed by atoms with Crippen molar-refractivity contribution < 1.29 is 14.6 Å². The number of benzene rings is 2. The van der Waals surface area contributed by atoms with E-state index in [0.29, 0.717) is 22.4 Å². The van der Waals surface area contributed by atoms with E-state index in [1.807, 2.05) is 55.5 Å². The van der Waals surface area contributed by atoms with Gasteiger partial charge in [-0.15, -0.1) is 0 Å². The summed E-state index contributed by atoms with van der Waals surface area (Å²) in [6, 6.07) is 16.7. The zero-order chi connectivity index (χ0) is 19.0. The van der Waals surface area contributed by atoms with Crippen LogP contribution in [0.2, 0.25) is 0 Å². The van der Waals surface area contributed by atoms with E-state index >= 15 is 0 Å². The number of methoxy groups -OCH3 is 1. The number of rotatable bonds is 4. The molecule has 0 aliphatic carbocycles. The second-order valence-electron chi connectivity index (χ2n) is 6.25. The summed E-state index contributed by atoms with van der Waals surface area (Å²) in [4.78, 5) is 16.5. The maximum atomic E-state index is 11.9. The standard InChI is InChI=1S/C21H17N3O3/c1-12-3-5-13(6-4-12)17-11-16(21(25)26)18-19(23-24-20(18)22-17)14-7-9-15(27-2)10-8-14/h3-11H,1-2H3,(H,25,26)(H,22,23,24). The van der Waals surface area contributed by atoms with E-state index < -0.39 is 5.97 Å². The van der Waals surface area contributed by atoms with Gasteiger partial charge in [-0.05, 0) is 37.3 Å². The van der Waals surface area contributed by atoms with E-state index in [1.54, 1.807) is 13.2 Å². The lowest BCUT2D eigenvalue weighted by Crippen LogP contribution is -2.00. The molecule has 6 heteroatoms. The summed E-state index contributed by atoms with van der Waals surface area (Å²) in [6.45, 7) is 2.00. The number of H-pyrrole nitrogens is 1. The van der Waals surface area contributed by atoms with Crippen LogP contribution in [0.15, 0.2) is 54.6 Å². The minimum Gasteiger partial charge on any atom is -0.497 e. The molecule has 2 N–H and O–H groups in total. The molecule has 134 valence electrons. The van der Waals surface area contributed by atoms with Crippen molar-refractivity contribution in [2.24, 2.45) is 0 Å². The molecule has 2 aromatic carbocycles. The number of fused-ring (bicyclic) bond motifs is 1. The number of hydrogen-bond donors (Lipinski definition) is 2. The molecule has 4 aromatic rings. The first kappa shape index (κ1) is 16.8. The highest BCUT2D eigenvalue weighted by Crippen LogP contribution is 2.32. The van der Waals surface area contributed by atoms with Crippen LogP contribution < -0.4 is 4.74 Å². The van der Waals surface area contributed by atoms with Crippen LogP contribution in [-0.2, 0) is 0 Å². The summed E-state index contributed by atoms with van der Waals surface area (Å²) in [5.74, 6) is -0.298. The number of pyridine rings is 1. The van der Waals surface area contributed by atoms with Crippen LogP contribution in [0.3, 0.4) is 0 Å². The molecular weight excluding hydrogens is 342 g/mol. The number of carboxylic acid groups (broad SMARTS) is 1. The molecule has 2 heterocycles. The molecule has 0 amide bonds. The third-order valence-corrected chi connectivity index (χ3v) is 4.48. The Morgan fingerprint density at radius 2 is 1.70 bits per heavy atom. The number of aromatic amines is 1. The second-order valence-corrected chi connectivity index (χ2v) is 6.25. The fourth-order valence-electron chi connectivity index (χ4n) is 3.03. The van der Waals surface area contributed by atoms with Crippen LogP contribution >= 0.6 is 0 Å². The van der Waals surface area contributed by atoms with Gasteiger partial charge in [-0.2, -0.15) is 5.10 Å². The minimum atomic E-state index is -1.02. The summed E-state index contributed by atoms with van der Waals surface area (Å²) >= 11 is 0. The van der Waals surface area contributed by atoms with Crippen LogP contribution in [0.25, 0.3) is 33.5 Å². The first-order valence-electron chi connectivity index (χ1n) is 8.40. The summed E-state index contributed by atoms with van der Waals surface area (Å²) in [5, 5.41) is 17.5. The van der Waals surface area contributed by atoms with Gasteiger partial charge in [0.1, 0.15) is 5.75 Å². The first-order valence-corrected chi connectivity index (χ1v) is 8.40. The molecule has 0 radical (unpaired) electrons. The molecule has 0 aliphatic rings. The average Bonchev–Trinajstić information content (AvgIpc) is 3.11. The fraction of sp³-hybridized carbons (Fsp3) is 0.0952. The summed E-state index contributed by atoms with van der Waals surface area (Å²) in [6.07, 6.45) is 0. The van der Waals surface area contributed by atoms with E-state index in [2.05, 4.69) is 15.2 Å². The molecule has 4 rings (SSSR count). The normalized spacial score (nSPS) is 10.9. The highest BCUT2D eigenvalue weighted by atomic mass is 16.5. The number of aryl methyl sites for hydroxylation is 1. The lowest BCUT2D eigenvalue weighted by molar-refractivity contribution is 0.0699. The highest BCUT2D eigenvalue weighted by Gasteiger charge is 2.19. The molecular formula is C21H17N3O3. The summed E-state index contributed by atoms with van der Waals surface area (Å²) in [5.41, 5.74) is 4.51. The number of hydrogen-bond acceptors (Lipinski definition) is 4. The van der Waals surface area contributed by atoms with Crippen molar-refractivity contribution >= 4 is 17.0 Å². The van der Waals surface area contributed by atoms with E-state index in [9.17, 15) is 9.90 Å². The van der Waals surface area contributed by atoms with Crippen molar-refractivity contribution in [2.45, 2.75) is 6.92 Å². The molecule has 0 saturated heterocycles. The van der Waals surface area contributed by atoms with E-state index in [4.69, 9.17) is 4.74 Å². The Morgan fingerprint density at radius 3 is 2.33 bits per heavy atom. The lowest BCUT2D eigenvalue weighted by atomic mass is 10.0. The van der Waals surface area contributed by atoms with Crippen LogP contribution in [-0.4, -0.2) is 33.4 Å². The first-order chi connectivity index (χ1) is 13.1. The number of carbonyl (C=O) groups is 1. The van der Waals surface area contributed by atoms with Crippen molar-refractivity contribution in [1.29, 1.82) is 0 Å². The van der Waals surface area contributed by atoms with E-state index in [-0.39, 0.29) is 5.56 Å². The molecule has 6 nitrogen and oxygen atoms in total. The van der Waals surface area contributed by atoms with Crippen LogP contribution in [0, 0.1) is 6.92 Å². The third kappa shape index (κ3) is 3.01. The largest absolute Gasteiger partial charge is 0.497 e. The quantitative estimate of drug-likeness (QED) is 0.567. The molecule has 27 heavy (non-hydrogen) atoms. The molecule has 0 bridgehead atoms. The van der Waals surface area contributed by atoms with Crippen molar-refractivity contribution in [3.63, 3.8) is 0 Å². The van der Waals surface area contributed by atoms with Gasteiger partial charge in [-0.3, -0.25) is 5.10 Å². The molecule has 0 atom stereocenters. The van der Waals surface area contributed by atoms with Crippen molar-refractivity contribution in [1.82, 2.24) is 15.2 Å². The Hall–Kier alpha value is -3.67. The Balaban J connectivity index is 1.91. The monoisotopic (exact) mass is 359 g/mol. The van der Waals surface area contributed by atoms with E-state index in [0.717, 1.165) is 22.4 Å². The zero-order valence-corrected chi connectivity index (χ0v) is 14.9. The van der Waals surface area contributed by atoms with Gasteiger partial charge < -0.3 is 9.84 Å². The molecule has 0 spiro atoms. The van der Waals surface area contributed by atoms with Crippen LogP contribution in [0.5, 0.6) is 5.75 Å². The minimum absolute atomic E-state index is 0.162. The smallest absolute Gasteiger partial charge is 0.336 e. The van der Waals surface area contributed by atoms with Gasteiger partial charge in [-0.1, -0.05) is 29.8 Å². The number of aromatic nitrogens is 3. The Labute approximate surface area is 155 Å². The Kier molecular flexibility index (Phi) is 4.08. The molecule has 0 saturated carbocycles. The van der Waals surface area contributed by atoms with Gasteiger partial charge in [0, 0.05) is 11.1 Å². The maximum absolute atomic E-state index is 11.9. The number of ether oxygens (including phenoxy) is 1. The van der Waals surface area contributed by atoms with Crippen molar-refractivity contribution in [3.05, 3.63) is 65.7 Å². The van der Waals surface area contributed by atoms with Gasteiger partial charge in [0.25, 0.3) is 0 Å². The Morgan fingerprint density at radius 1 is 1.04 bits per heavy atom. The summed E-state index contributed by atoms with van der Waals surface area (Å²) < 4.78 is 5.18. The third-order valence-electron chi connectivity index (χ3n) is 4.48. The highest BCUT2D eigenvalue weighted by molar-refractivity contribution is 6.08. The molecule has 2 aromatic heterocycles. The predicted octanol–water partition coefficient (Wildman–Crippen LogP) is 4.31. The average molecular weight is 359 g/mol. The number of carboxylic acids is 1. The lowest BCUT2D eigenvalue weighted by Gasteiger charge is -2.06. The fourth-order valence-corrected chi connectivity index (χ4v) is 3.03. The van der Waals surface area contributed by atoms with Crippen LogP contribution in [0.1, 0.15) is 15.9 Å². The SMILES string of the molecule is COc1ccc(-c2[nH]nc3nc(-c4ccc(C)cc4)cc(C(=O)O)c23)cc1. The second kappa shape index (κ2) is 6.57. The topological polar surface area (TPSA) is 88.1 Å². The maximum Gasteiger partial charge on any atom is 0.336 e. The van der Waals surface area contributed by atoms with E-state index in [1.165, 1.54) is 0 Å². The molecule has 0 unspecified atom stereocenters. The van der Waals surface area contributed by atoms with Gasteiger partial charge >= 0.3 is 5.97 Å². The number of nitrogens with one attached hydrogen (secondary N) is 1. The van der Waals surface area contributed by atoms with Crippen molar-refractivity contribution in [2.75, 3.05) is 7.11 Å². The van der Waals surface area contributed by atoms with Crippen LogP contribution in [0.4, 0.5) is 0 Å². The zero-order valence-electron chi connectivity index (χ0n) is 14.9. The number of aromatic carboxylic acids is 1. The predicted molar refractivity (Wildman–Crippen MR) is 103 cm³/mol. The van der Waals surface area contributed by atoms with Gasteiger partial charge in [0.2, 0.25) is 0 Å². The molecule has 0 fully saturated rings. The van der Waals surface area contributed by atoms with Crippen molar-refractivity contribution in [3.8, 4) is 28.3 Å². The van der Waals surface area contributed by atoms with Gasteiger partial charge in [0.15, 0.2) is 5.65 Å². The Bertz CT molecular complexity index is 1130. The van der Waals surface area contributed by atoms with Gasteiger partial charge in [0.05, 0.1) is 29.4 Å². The molecule has 0 aliphatic heterocycles. The number of nitrogens with zero attached hydrogens (tertiary/aromatic N) is 2. The van der Waals surface area contributed by atoms with Gasteiger partial charge in [-0.25, -0.2) is 9.78 Å². The summed E-state index contributed by atoms with van der Waals surface area (Å²) in [7, 11) is 1.60.